The van der Waals surface area contributed by atoms with Crippen LogP contribution in [0, 0.1) is 0 Å². The number of rotatable bonds is 0. The van der Waals surface area contributed by atoms with Crippen molar-refractivity contribution in [2.75, 3.05) is 13.1 Å². The quantitative estimate of drug-likeness (QED) is 0.303. The molecule has 0 radical (unpaired) electrons. The Morgan fingerprint density at radius 3 is 0.341 bits per heavy atom. The minimum atomic E-state index is 1.25. The summed E-state index contributed by atoms with van der Waals surface area (Å²) in [6.07, 6.45) is 56.3. The van der Waals surface area contributed by atoms with E-state index in [0.29, 0.717) is 0 Å². The lowest BCUT2D eigenvalue weighted by Crippen LogP contribution is -2.16. The van der Waals surface area contributed by atoms with Crippen LogP contribution in [0.1, 0.15) is 244 Å². The van der Waals surface area contributed by atoms with Gasteiger partial charge in [0.05, 0.1) is 0 Å². The van der Waals surface area contributed by atoms with E-state index in [9.17, 15) is 0 Å². The Labute approximate surface area is 262 Å². The first-order valence-corrected chi connectivity index (χ1v) is 20.2. The minimum absolute atomic E-state index is 1.25. The zero-order valence-corrected chi connectivity index (χ0v) is 28.8. The SMILES string of the molecule is C1CCCCCCCCCCCCCCCCCCCCNCCCCCCCCCCCCCCCCCCC1. The highest BCUT2D eigenvalue weighted by atomic mass is 14.8. The molecule has 41 heavy (non-hydrogen) atoms. The molecule has 1 nitrogen and oxygen atoms in total. The van der Waals surface area contributed by atoms with E-state index in [1.807, 2.05) is 0 Å². The molecule has 1 fully saturated rings. The molecule has 0 amide bonds. The molecule has 0 atom stereocenters. The van der Waals surface area contributed by atoms with E-state index in [-0.39, 0.29) is 0 Å². The molecule has 0 aromatic rings. The summed E-state index contributed by atoms with van der Waals surface area (Å²) in [6, 6.07) is 0. The predicted molar refractivity (Wildman–Crippen MR) is 188 cm³/mol. The van der Waals surface area contributed by atoms with E-state index < -0.39 is 0 Å². The van der Waals surface area contributed by atoms with Gasteiger partial charge in [0.25, 0.3) is 0 Å². The molecule has 246 valence electrons. The highest BCUT2D eigenvalue weighted by molar-refractivity contribution is 4.55. The standard InChI is InChI=1S/C40H81N/c1-2-4-6-8-10-12-14-16-18-20-22-24-26-28-30-32-34-36-38-40-41-39-37-35-33-31-29-27-25-23-21-19-17-15-13-11-9-7-5-3-1/h41H,1-40H2. The van der Waals surface area contributed by atoms with Gasteiger partial charge in [0.15, 0.2) is 0 Å². The maximum atomic E-state index is 3.70. The summed E-state index contributed by atoms with van der Waals surface area (Å²) in [7, 11) is 0. The number of hydrogen-bond donors (Lipinski definition) is 1. The molecule has 0 bridgehead atoms. The lowest BCUT2D eigenvalue weighted by molar-refractivity contribution is 0.510. The van der Waals surface area contributed by atoms with Crippen molar-refractivity contribution in [3.63, 3.8) is 0 Å². The molecular formula is C40H81N. The van der Waals surface area contributed by atoms with Crippen LogP contribution >= 0.6 is 0 Å². The Morgan fingerprint density at radius 2 is 0.220 bits per heavy atom. The monoisotopic (exact) mass is 576 g/mol. The third kappa shape index (κ3) is 34.3. The molecule has 0 unspecified atom stereocenters. The van der Waals surface area contributed by atoms with E-state index in [4.69, 9.17) is 0 Å². The molecule has 0 aromatic carbocycles. The van der Waals surface area contributed by atoms with Crippen molar-refractivity contribution in [1.82, 2.24) is 5.32 Å². The lowest BCUT2D eigenvalue weighted by atomic mass is 10.0. The zero-order chi connectivity index (χ0) is 29.0. The van der Waals surface area contributed by atoms with Crippen LogP contribution in [-0.4, -0.2) is 13.1 Å². The van der Waals surface area contributed by atoms with Gasteiger partial charge in [-0.15, -0.1) is 0 Å². The van der Waals surface area contributed by atoms with Crippen LogP contribution < -0.4 is 5.32 Å². The minimum Gasteiger partial charge on any atom is -0.317 e. The van der Waals surface area contributed by atoms with Gasteiger partial charge in [-0.3, -0.25) is 0 Å². The van der Waals surface area contributed by atoms with E-state index in [1.54, 1.807) is 0 Å². The van der Waals surface area contributed by atoms with Crippen molar-refractivity contribution in [3.8, 4) is 0 Å². The van der Waals surface area contributed by atoms with Gasteiger partial charge < -0.3 is 5.32 Å². The van der Waals surface area contributed by atoms with Gasteiger partial charge in [-0.1, -0.05) is 231 Å². The lowest BCUT2D eigenvalue weighted by Gasteiger charge is -2.06. The zero-order valence-electron chi connectivity index (χ0n) is 28.8. The second-order valence-corrected chi connectivity index (χ2v) is 14.2. The average Bonchev–Trinajstić information content (AvgIpc) is 2.98. The van der Waals surface area contributed by atoms with Gasteiger partial charge in [-0.25, -0.2) is 0 Å². The highest BCUT2D eigenvalue weighted by Crippen LogP contribution is 2.17. The molecule has 0 aliphatic carbocycles. The Bertz CT molecular complexity index is 226. The fourth-order valence-corrected chi connectivity index (χ4v) is 6.99. The van der Waals surface area contributed by atoms with Crippen LogP contribution in [0.4, 0.5) is 0 Å². The maximum absolute atomic E-state index is 3.70. The fraction of sp³-hybridized carbons (Fsp3) is 1.00. The summed E-state index contributed by atoms with van der Waals surface area (Å²) in [5.41, 5.74) is 0. The van der Waals surface area contributed by atoms with Crippen LogP contribution in [-0.2, 0) is 0 Å². The Balaban J connectivity index is 2.00. The van der Waals surface area contributed by atoms with E-state index in [0.717, 1.165) is 0 Å². The van der Waals surface area contributed by atoms with Crippen molar-refractivity contribution in [3.05, 3.63) is 0 Å². The molecule has 1 rings (SSSR count). The van der Waals surface area contributed by atoms with E-state index in [1.165, 1.54) is 257 Å². The van der Waals surface area contributed by atoms with Crippen LogP contribution in [0.25, 0.3) is 0 Å². The van der Waals surface area contributed by atoms with Gasteiger partial charge in [0.1, 0.15) is 0 Å². The van der Waals surface area contributed by atoms with Gasteiger partial charge >= 0.3 is 0 Å². The first-order valence-electron chi connectivity index (χ1n) is 20.2. The molecule has 1 aliphatic heterocycles. The average molecular weight is 576 g/mol. The smallest absolute Gasteiger partial charge is 0.00489 e. The maximum Gasteiger partial charge on any atom is -0.00489 e. The normalized spacial score (nSPS) is 24.0. The first kappa shape index (κ1) is 39.0. The van der Waals surface area contributed by atoms with Crippen LogP contribution in [0.3, 0.4) is 0 Å². The molecule has 0 aromatic heterocycles. The summed E-state index contributed by atoms with van der Waals surface area (Å²) >= 11 is 0. The molecule has 0 saturated carbocycles. The predicted octanol–water partition coefficient (Wildman–Crippen LogP) is 14.4. The summed E-state index contributed by atoms with van der Waals surface area (Å²) < 4.78 is 0. The second kappa shape index (κ2) is 36.2. The molecule has 1 aliphatic rings. The second-order valence-electron chi connectivity index (χ2n) is 14.2. The van der Waals surface area contributed by atoms with Gasteiger partial charge in [-0.2, -0.15) is 0 Å². The summed E-state index contributed by atoms with van der Waals surface area (Å²) in [5.74, 6) is 0. The van der Waals surface area contributed by atoms with Crippen molar-refractivity contribution in [2.24, 2.45) is 0 Å². The van der Waals surface area contributed by atoms with E-state index >= 15 is 0 Å². The van der Waals surface area contributed by atoms with Crippen molar-refractivity contribution in [1.29, 1.82) is 0 Å². The van der Waals surface area contributed by atoms with Crippen molar-refractivity contribution >= 4 is 0 Å². The summed E-state index contributed by atoms with van der Waals surface area (Å²) in [6.45, 7) is 2.50. The van der Waals surface area contributed by atoms with E-state index in [2.05, 4.69) is 5.32 Å². The third-order valence-electron chi connectivity index (χ3n) is 9.96. The van der Waals surface area contributed by atoms with Gasteiger partial charge in [0.2, 0.25) is 0 Å². The molecule has 1 saturated heterocycles. The Hall–Kier alpha value is -0.0400. The molecule has 0 spiro atoms. The molecule has 1 heteroatoms. The van der Waals surface area contributed by atoms with Gasteiger partial charge in [0, 0.05) is 0 Å². The highest BCUT2D eigenvalue weighted by Gasteiger charge is 1.98. The third-order valence-corrected chi connectivity index (χ3v) is 9.96. The largest absolute Gasteiger partial charge is 0.317 e. The first-order chi connectivity index (χ1) is 20.5. The molecule has 1 heterocycles. The van der Waals surface area contributed by atoms with Crippen LogP contribution in [0.5, 0.6) is 0 Å². The number of nitrogens with one attached hydrogen (secondary N) is 1. The fourth-order valence-electron chi connectivity index (χ4n) is 6.99. The molecular weight excluding hydrogens is 494 g/mol. The van der Waals surface area contributed by atoms with Crippen molar-refractivity contribution < 1.29 is 0 Å². The van der Waals surface area contributed by atoms with Crippen LogP contribution in [0.15, 0.2) is 0 Å². The molecule has 1 N–H and O–H groups in total. The Morgan fingerprint density at radius 1 is 0.122 bits per heavy atom. The number of hydrogen-bond acceptors (Lipinski definition) is 1. The van der Waals surface area contributed by atoms with Crippen molar-refractivity contribution in [2.45, 2.75) is 244 Å². The van der Waals surface area contributed by atoms with Crippen LogP contribution in [0.2, 0.25) is 0 Å². The summed E-state index contributed by atoms with van der Waals surface area (Å²) in [5, 5.41) is 3.70. The summed E-state index contributed by atoms with van der Waals surface area (Å²) in [4.78, 5) is 0. The van der Waals surface area contributed by atoms with Gasteiger partial charge in [-0.05, 0) is 25.9 Å². The Kier molecular flexibility index (Phi) is 34.4. The topological polar surface area (TPSA) is 12.0 Å².